The van der Waals surface area contributed by atoms with Crippen molar-refractivity contribution in [1.29, 1.82) is 0 Å². The zero-order chi connectivity index (χ0) is 20.6. The van der Waals surface area contributed by atoms with Gasteiger partial charge in [-0.25, -0.2) is 12.7 Å². The Morgan fingerprint density at radius 3 is 2.32 bits per heavy atom. The van der Waals surface area contributed by atoms with Crippen molar-refractivity contribution in [2.75, 3.05) is 14.1 Å². The first-order valence-corrected chi connectivity index (χ1v) is 11.1. The van der Waals surface area contributed by atoms with Crippen molar-refractivity contribution < 1.29 is 13.2 Å². The summed E-state index contributed by atoms with van der Waals surface area (Å²) in [5.74, 6) is 0.0239. The summed E-state index contributed by atoms with van der Waals surface area (Å²) in [6, 6.07) is 12.1. The second-order valence-corrected chi connectivity index (χ2v) is 10.2. The van der Waals surface area contributed by atoms with Gasteiger partial charge in [-0.1, -0.05) is 31.3 Å². The molecule has 0 spiro atoms. The lowest BCUT2D eigenvalue weighted by Crippen LogP contribution is -2.22. The number of hydrogen-bond acceptors (Lipinski definition) is 4. The number of fused-ring (bicyclic) bond motifs is 1. The van der Waals surface area contributed by atoms with Crippen LogP contribution in [0.15, 0.2) is 52.4 Å². The van der Waals surface area contributed by atoms with Gasteiger partial charge in [0.05, 0.1) is 15.1 Å². The van der Waals surface area contributed by atoms with Gasteiger partial charge in [0.2, 0.25) is 10.0 Å². The lowest BCUT2D eigenvalue weighted by atomic mass is 10.0. The van der Waals surface area contributed by atoms with Crippen LogP contribution < -0.4 is 4.80 Å². The monoisotopic (exact) mass is 417 g/mol. The number of hydrogen-bond donors (Lipinski definition) is 0. The normalized spacial score (nSPS) is 13.0. The molecule has 6 nitrogen and oxygen atoms in total. The highest BCUT2D eigenvalue weighted by Crippen LogP contribution is 2.23. The summed E-state index contributed by atoms with van der Waals surface area (Å²) in [5, 5.41) is 0. The van der Waals surface area contributed by atoms with E-state index < -0.39 is 15.9 Å². The van der Waals surface area contributed by atoms with Crippen molar-refractivity contribution in [2.45, 2.75) is 24.7 Å². The minimum atomic E-state index is -3.52. The van der Waals surface area contributed by atoms with Crippen molar-refractivity contribution in [1.82, 2.24) is 8.87 Å². The highest BCUT2D eigenvalue weighted by atomic mass is 32.2. The Kier molecular flexibility index (Phi) is 5.56. The van der Waals surface area contributed by atoms with Crippen LogP contribution in [0, 0.1) is 0 Å². The molecular weight excluding hydrogens is 394 g/mol. The maximum absolute atomic E-state index is 12.6. The third-order valence-corrected chi connectivity index (χ3v) is 7.50. The summed E-state index contributed by atoms with van der Waals surface area (Å²) in [6.45, 7) is 4.29. The summed E-state index contributed by atoms with van der Waals surface area (Å²) >= 11 is 1.46. The number of carbonyl (C=O) groups excluding carboxylic acids is 1. The number of sulfonamides is 1. The van der Waals surface area contributed by atoms with Gasteiger partial charge < -0.3 is 4.57 Å². The molecular formula is C20H23N3O3S2. The molecule has 0 fully saturated rings. The van der Waals surface area contributed by atoms with Gasteiger partial charge in [-0.2, -0.15) is 4.99 Å². The molecule has 0 aliphatic heterocycles. The van der Waals surface area contributed by atoms with E-state index in [1.807, 2.05) is 17.7 Å². The molecule has 3 rings (SSSR count). The standard InChI is InChI=1S/C20H23N3O3S2/c1-13(2)15-8-11-17-18(12-15)27-20(23(17)5)21-19(24)14-6-9-16(10-7-14)28(25,26)22(3)4/h6-13H,1-5H3. The summed E-state index contributed by atoms with van der Waals surface area (Å²) in [6.07, 6.45) is 0. The Balaban J connectivity index is 1.97. The Morgan fingerprint density at radius 2 is 1.75 bits per heavy atom. The molecule has 0 saturated heterocycles. The van der Waals surface area contributed by atoms with Gasteiger partial charge in [0.15, 0.2) is 4.80 Å². The maximum atomic E-state index is 12.6. The predicted octanol–water partition coefficient (Wildman–Crippen LogP) is 3.35. The van der Waals surface area contributed by atoms with Gasteiger partial charge in [-0.05, 0) is 47.9 Å². The van der Waals surface area contributed by atoms with Gasteiger partial charge in [-0.3, -0.25) is 4.79 Å². The Hall–Kier alpha value is -2.29. The molecule has 28 heavy (non-hydrogen) atoms. The third kappa shape index (κ3) is 3.80. The number of benzene rings is 2. The lowest BCUT2D eigenvalue weighted by molar-refractivity contribution is 0.0998. The van der Waals surface area contributed by atoms with E-state index >= 15 is 0 Å². The fraction of sp³-hybridized carbons (Fsp3) is 0.300. The van der Waals surface area contributed by atoms with Crippen LogP contribution in [0.5, 0.6) is 0 Å². The van der Waals surface area contributed by atoms with E-state index in [0.717, 1.165) is 14.5 Å². The highest BCUT2D eigenvalue weighted by Gasteiger charge is 2.17. The van der Waals surface area contributed by atoms with Gasteiger partial charge in [0.1, 0.15) is 0 Å². The maximum Gasteiger partial charge on any atom is 0.279 e. The lowest BCUT2D eigenvalue weighted by Gasteiger charge is -2.11. The number of thiazole rings is 1. The predicted molar refractivity (Wildman–Crippen MR) is 112 cm³/mol. The minimum Gasteiger partial charge on any atom is -0.319 e. The molecule has 148 valence electrons. The van der Waals surface area contributed by atoms with E-state index in [9.17, 15) is 13.2 Å². The molecule has 8 heteroatoms. The van der Waals surface area contributed by atoms with E-state index in [-0.39, 0.29) is 4.90 Å². The van der Waals surface area contributed by atoms with Gasteiger partial charge in [0.25, 0.3) is 5.91 Å². The van der Waals surface area contributed by atoms with Crippen LogP contribution in [-0.2, 0) is 17.1 Å². The molecule has 1 aromatic heterocycles. The molecule has 0 unspecified atom stereocenters. The topological polar surface area (TPSA) is 71.7 Å². The number of amides is 1. The molecule has 0 aliphatic rings. The van der Waals surface area contributed by atoms with Gasteiger partial charge in [-0.15, -0.1) is 0 Å². The molecule has 1 amide bonds. The van der Waals surface area contributed by atoms with Crippen LogP contribution in [0.3, 0.4) is 0 Å². The van der Waals surface area contributed by atoms with Crippen LogP contribution in [0.2, 0.25) is 0 Å². The van der Waals surface area contributed by atoms with Crippen LogP contribution in [0.4, 0.5) is 0 Å². The van der Waals surface area contributed by atoms with Crippen LogP contribution in [0.1, 0.15) is 35.7 Å². The number of nitrogens with zero attached hydrogens (tertiary/aromatic N) is 3. The Morgan fingerprint density at radius 1 is 1.11 bits per heavy atom. The van der Waals surface area contributed by atoms with Crippen molar-refractivity contribution in [2.24, 2.45) is 12.0 Å². The average molecular weight is 418 g/mol. The smallest absolute Gasteiger partial charge is 0.279 e. The summed E-state index contributed by atoms with van der Waals surface area (Å²) in [5.41, 5.74) is 2.61. The van der Waals surface area contributed by atoms with E-state index in [0.29, 0.717) is 16.3 Å². The van der Waals surface area contributed by atoms with Crippen molar-refractivity contribution in [3.05, 3.63) is 58.4 Å². The van der Waals surface area contributed by atoms with Crippen LogP contribution in [0.25, 0.3) is 10.2 Å². The number of aromatic nitrogens is 1. The minimum absolute atomic E-state index is 0.141. The SMILES string of the molecule is CC(C)c1ccc2c(c1)sc(=NC(=O)c1ccc(S(=O)(=O)N(C)C)cc1)n2C. The zero-order valence-corrected chi connectivity index (χ0v) is 18.1. The first-order valence-electron chi connectivity index (χ1n) is 8.82. The largest absolute Gasteiger partial charge is 0.319 e. The van der Waals surface area contributed by atoms with Crippen molar-refractivity contribution in [3.63, 3.8) is 0 Å². The van der Waals surface area contributed by atoms with E-state index in [1.165, 1.54) is 55.3 Å². The van der Waals surface area contributed by atoms with E-state index in [2.05, 4.69) is 31.0 Å². The zero-order valence-electron chi connectivity index (χ0n) is 16.5. The number of carbonyl (C=O) groups is 1. The quantitative estimate of drug-likeness (QED) is 0.653. The first kappa shape index (κ1) is 20.4. The second kappa shape index (κ2) is 7.62. The number of aryl methyl sites for hydroxylation is 1. The highest BCUT2D eigenvalue weighted by molar-refractivity contribution is 7.89. The van der Waals surface area contributed by atoms with Crippen molar-refractivity contribution in [3.8, 4) is 0 Å². The molecule has 3 aromatic rings. The molecule has 2 aromatic carbocycles. The van der Waals surface area contributed by atoms with Gasteiger partial charge in [0, 0.05) is 26.7 Å². The van der Waals surface area contributed by atoms with E-state index in [1.54, 1.807) is 0 Å². The summed E-state index contributed by atoms with van der Waals surface area (Å²) < 4.78 is 28.4. The summed E-state index contributed by atoms with van der Waals surface area (Å²) in [4.78, 5) is 17.6. The fourth-order valence-electron chi connectivity index (χ4n) is 2.75. The van der Waals surface area contributed by atoms with Crippen LogP contribution in [-0.4, -0.2) is 37.3 Å². The summed E-state index contributed by atoms with van der Waals surface area (Å²) in [7, 11) is 1.29. The first-order chi connectivity index (χ1) is 13.1. The van der Waals surface area contributed by atoms with Gasteiger partial charge >= 0.3 is 0 Å². The molecule has 0 saturated carbocycles. The van der Waals surface area contributed by atoms with Crippen LogP contribution >= 0.6 is 11.3 Å². The molecule has 0 N–H and O–H groups in total. The molecule has 0 bridgehead atoms. The fourth-order valence-corrected chi connectivity index (χ4v) is 4.71. The third-order valence-electron chi connectivity index (χ3n) is 4.58. The average Bonchev–Trinajstić information content (AvgIpc) is 2.96. The molecule has 0 aliphatic carbocycles. The number of rotatable bonds is 4. The second-order valence-electron chi connectivity index (χ2n) is 7.05. The Bertz CT molecular complexity index is 1200. The van der Waals surface area contributed by atoms with E-state index in [4.69, 9.17) is 0 Å². The molecule has 1 heterocycles. The van der Waals surface area contributed by atoms with Crippen molar-refractivity contribution >= 4 is 37.5 Å². The molecule has 0 atom stereocenters. The Labute approximate surface area is 168 Å². The molecule has 0 radical (unpaired) electrons.